The van der Waals surface area contributed by atoms with Gasteiger partial charge in [0.15, 0.2) is 0 Å². The molecule has 4 nitrogen and oxygen atoms in total. The molecule has 0 fully saturated rings. The third-order valence-electron chi connectivity index (χ3n) is 5.47. The zero-order valence-electron chi connectivity index (χ0n) is 18.8. The van der Waals surface area contributed by atoms with Crippen LogP contribution in [-0.2, 0) is 14.5 Å². The van der Waals surface area contributed by atoms with E-state index in [9.17, 15) is 0 Å². The molecule has 1 N–H and O–H groups in total. The van der Waals surface area contributed by atoms with Gasteiger partial charge in [-0.05, 0) is 32.3 Å². The Morgan fingerprint density at radius 2 is 1.55 bits per heavy atom. The number of aliphatic hydroxyl groups is 1. The maximum atomic E-state index is 8.96. The molecule has 0 aromatic carbocycles. The molecule has 1 rings (SSSR count). The minimum atomic E-state index is -0.756. The van der Waals surface area contributed by atoms with E-state index in [0.29, 0.717) is 6.42 Å². The first kappa shape index (κ1) is 26.1. The normalized spacial score (nSPS) is 22.2. The fourth-order valence-electron chi connectivity index (χ4n) is 3.57. The molecular formula is C25H44O4. The van der Waals surface area contributed by atoms with E-state index in [0.717, 1.165) is 12.8 Å². The summed E-state index contributed by atoms with van der Waals surface area (Å²) in [7, 11) is 1.65. The van der Waals surface area contributed by atoms with E-state index in [1.54, 1.807) is 7.11 Å². The Morgan fingerprint density at radius 1 is 0.931 bits per heavy atom. The topological polar surface area (TPSA) is 47.9 Å². The van der Waals surface area contributed by atoms with Crippen LogP contribution >= 0.6 is 0 Å². The number of rotatable bonds is 18. The van der Waals surface area contributed by atoms with Crippen LogP contribution in [0.5, 0.6) is 0 Å². The smallest absolute Gasteiger partial charge is 0.220 e. The van der Waals surface area contributed by atoms with Crippen LogP contribution in [-0.4, -0.2) is 30.7 Å². The monoisotopic (exact) mass is 408 g/mol. The molecule has 0 aromatic heterocycles. The average molecular weight is 409 g/mol. The second kappa shape index (κ2) is 17.9. The van der Waals surface area contributed by atoms with Crippen LogP contribution in [0.15, 0.2) is 36.5 Å². The standard InChI is InChI=1S/C25H44O4/c1-3-4-5-6-7-8-9-10-11-12-13-14-15-16-17-18-21-25(27-2)22-19-24(20-23-26)28-29-25/h3-6,19,22,24,26H,7-18,20-21,23H2,1-2H3/b4-3+,6-5+/t24-,25+/m0/s1. The van der Waals surface area contributed by atoms with Crippen LogP contribution in [0, 0.1) is 0 Å². The molecular weight excluding hydrogens is 364 g/mol. The first-order valence-corrected chi connectivity index (χ1v) is 11.7. The van der Waals surface area contributed by atoms with Gasteiger partial charge in [-0.3, -0.25) is 0 Å². The number of ether oxygens (including phenoxy) is 1. The largest absolute Gasteiger partial charge is 0.396 e. The molecule has 0 aromatic rings. The van der Waals surface area contributed by atoms with Crippen molar-refractivity contribution in [2.45, 2.75) is 109 Å². The fourth-order valence-corrected chi connectivity index (χ4v) is 3.57. The molecule has 168 valence electrons. The highest BCUT2D eigenvalue weighted by Crippen LogP contribution is 2.28. The molecule has 1 aliphatic heterocycles. The SMILES string of the molecule is C/C=C/C=C/CCCCCCCCCCCCC[C@]1(OC)C=C[C@@H](CCO)OO1. The van der Waals surface area contributed by atoms with Crippen molar-refractivity contribution in [2.24, 2.45) is 0 Å². The summed E-state index contributed by atoms with van der Waals surface area (Å²) in [6.07, 6.45) is 29.3. The maximum Gasteiger partial charge on any atom is 0.220 e. The Balaban J connectivity index is 1.91. The molecule has 0 amide bonds. The van der Waals surface area contributed by atoms with Gasteiger partial charge in [0.25, 0.3) is 0 Å². The lowest BCUT2D eigenvalue weighted by Crippen LogP contribution is -2.38. The van der Waals surface area contributed by atoms with Gasteiger partial charge in [-0.15, -0.1) is 0 Å². The molecule has 2 atom stereocenters. The molecule has 4 heteroatoms. The van der Waals surface area contributed by atoms with Gasteiger partial charge in [-0.2, -0.15) is 4.89 Å². The minimum absolute atomic E-state index is 0.0904. The van der Waals surface area contributed by atoms with Gasteiger partial charge in [0.05, 0.1) is 0 Å². The molecule has 0 unspecified atom stereocenters. The summed E-state index contributed by atoms with van der Waals surface area (Å²) in [5, 5.41) is 8.96. The Hall–Kier alpha value is -0.940. The van der Waals surface area contributed by atoms with Gasteiger partial charge in [0.2, 0.25) is 5.79 Å². The predicted molar refractivity (Wildman–Crippen MR) is 121 cm³/mol. The van der Waals surface area contributed by atoms with Gasteiger partial charge < -0.3 is 9.84 Å². The lowest BCUT2D eigenvalue weighted by atomic mass is 10.0. The maximum absolute atomic E-state index is 8.96. The van der Waals surface area contributed by atoms with Crippen LogP contribution in [0.2, 0.25) is 0 Å². The number of aliphatic hydroxyl groups excluding tert-OH is 1. The van der Waals surface area contributed by atoms with Crippen molar-refractivity contribution in [1.29, 1.82) is 0 Å². The summed E-state index contributed by atoms with van der Waals surface area (Å²) >= 11 is 0. The molecule has 0 radical (unpaired) electrons. The van der Waals surface area contributed by atoms with Crippen LogP contribution < -0.4 is 0 Å². The van der Waals surface area contributed by atoms with E-state index in [1.165, 1.54) is 70.6 Å². The Labute approximate surface area is 178 Å². The van der Waals surface area contributed by atoms with Gasteiger partial charge in [0.1, 0.15) is 6.10 Å². The molecule has 1 heterocycles. The third kappa shape index (κ3) is 13.1. The lowest BCUT2D eigenvalue weighted by Gasteiger charge is -2.32. The number of allylic oxidation sites excluding steroid dienone is 4. The first-order chi connectivity index (χ1) is 14.3. The quantitative estimate of drug-likeness (QED) is 0.117. The van der Waals surface area contributed by atoms with Crippen LogP contribution in [0.1, 0.15) is 96.8 Å². The highest BCUT2D eigenvalue weighted by atomic mass is 17.2. The summed E-state index contributed by atoms with van der Waals surface area (Å²) in [5.41, 5.74) is 0. The van der Waals surface area contributed by atoms with Gasteiger partial charge >= 0.3 is 0 Å². The predicted octanol–water partition coefficient (Wildman–Crippen LogP) is 6.80. The number of hydrogen-bond donors (Lipinski definition) is 1. The zero-order chi connectivity index (χ0) is 21.0. The number of methoxy groups -OCH3 is 1. The summed E-state index contributed by atoms with van der Waals surface area (Å²) in [6.45, 7) is 2.14. The van der Waals surface area contributed by atoms with Gasteiger partial charge in [-0.25, -0.2) is 4.89 Å². The molecule has 0 bridgehead atoms. The second-order valence-corrected chi connectivity index (χ2v) is 7.99. The van der Waals surface area contributed by atoms with Crippen molar-refractivity contribution in [3.05, 3.63) is 36.5 Å². The van der Waals surface area contributed by atoms with Crippen molar-refractivity contribution in [3.63, 3.8) is 0 Å². The second-order valence-electron chi connectivity index (χ2n) is 7.99. The number of unbranched alkanes of at least 4 members (excludes halogenated alkanes) is 11. The van der Waals surface area contributed by atoms with E-state index in [-0.39, 0.29) is 12.7 Å². The Kier molecular flexibility index (Phi) is 16.1. The molecule has 29 heavy (non-hydrogen) atoms. The average Bonchev–Trinajstić information content (AvgIpc) is 2.75. The van der Waals surface area contributed by atoms with Crippen LogP contribution in [0.25, 0.3) is 0 Å². The number of hydrogen-bond acceptors (Lipinski definition) is 4. The Morgan fingerprint density at radius 3 is 2.07 bits per heavy atom. The van der Waals surface area contributed by atoms with Crippen molar-refractivity contribution < 1.29 is 19.6 Å². The van der Waals surface area contributed by atoms with Gasteiger partial charge in [0, 0.05) is 26.6 Å². The Bertz CT molecular complexity index is 458. The molecule has 0 saturated carbocycles. The molecule has 0 spiro atoms. The first-order valence-electron chi connectivity index (χ1n) is 11.7. The summed E-state index contributed by atoms with van der Waals surface area (Å²) in [5.74, 6) is -0.756. The van der Waals surface area contributed by atoms with Crippen molar-refractivity contribution in [2.75, 3.05) is 13.7 Å². The van der Waals surface area contributed by atoms with Crippen molar-refractivity contribution >= 4 is 0 Å². The third-order valence-corrected chi connectivity index (χ3v) is 5.47. The summed E-state index contributed by atoms with van der Waals surface area (Å²) in [4.78, 5) is 10.8. The highest BCUT2D eigenvalue weighted by molar-refractivity contribution is 5.02. The molecule has 1 aliphatic rings. The van der Waals surface area contributed by atoms with E-state index >= 15 is 0 Å². The lowest BCUT2D eigenvalue weighted by molar-refractivity contribution is -0.429. The van der Waals surface area contributed by atoms with E-state index in [4.69, 9.17) is 19.6 Å². The van der Waals surface area contributed by atoms with Crippen LogP contribution in [0.3, 0.4) is 0 Å². The highest BCUT2D eigenvalue weighted by Gasteiger charge is 2.33. The van der Waals surface area contributed by atoms with E-state index < -0.39 is 5.79 Å². The zero-order valence-corrected chi connectivity index (χ0v) is 18.8. The van der Waals surface area contributed by atoms with E-state index in [1.807, 2.05) is 12.2 Å². The summed E-state index contributed by atoms with van der Waals surface area (Å²) < 4.78 is 5.53. The van der Waals surface area contributed by atoms with Crippen LogP contribution in [0.4, 0.5) is 0 Å². The van der Waals surface area contributed by atoms with Crippen molar-refractivity contribution in [1.82, 2.24) is 0 Å². The summed E-state index contributed by atoms with van der Waals surface area (Å²) in [6, 6.07) is 0. The van der Waals surface area contributed by atoms with Crippen molar-refractivity contribution in [3.8, 4) is 0 Å². The molecule has 0 saturated heterocycles. The van der Waals surface area contributed by atoms with E-state index in [2.05, 4.69) is 31.2 Å². The molecule has 0 aliphatic carbocycles. The minimum Gasteiger partial charge on any atom is -0.396 e. The van der Waals surface area contributed by atoms with Gasteiger partial charge in [-0.1, -0.05) is 88.2 Å². The fraction of sp³-hybridized carbons (Fsp3) is 0.760.